The van der Waals surface area contributed by atoms with Crippen LogP contribution >= 0.6 is 12.4 Å². The van der Waals surface area contributed by atoms with Crippen molar-refractivity contribution >= 4 is 12.4 Å². The third kappa shape index (κ3) is 6.78. The maximum absolute atomic E-state index is 5.35. The number of hydrogen-bond acceptors (Lipinski definition) is 6. The summed E-state index contributed by atoms with van der Waals surface area (Å²) >= 11 is 0. The summed E-state index contributed by atoms with van der Waals surface area (Å²) in [5.41, 5.74) is 2.30. The van der Waals surface area contributed by atoms with Gasteiger partial charge in [0.15, 0.2) is 23.0 Å². The Bertz CT molecular complexity index is 728. The maximum Gasteiger partial charge on any atom is 0.161 e. The number of rotatable bonds is 11. The molecule has 0 bridgehead atoms. The molecule has 6 nitrogen and oxygen atoms in total. The van der Waals surface area contributed by atoms with Crippen molar-refractivity contribution in [2.24, 2.45) is 0 Å². The van der Waals surface area contributed by atoms with Crippen molar-refractivity contribution in [3.63, 3.8) is 0 Å². The van der Waals surface area contributed by atoms with Crippen LogP contribution in [-0.2, 0) is 13.1 Å². The summed E-state index contributed by atoms with van der Waals surface area (Å²) in [6, 6.07) is 12.2. The summed E-state index contributed by atoms with van der Waals surface area (Å²) in [5, 5.41) is 6.97. The molecule has 0 aliphatic carbocycles. The van der Waals surface area contributed by atoms with Crippen molar-refractivity contribution in [3.05, 3.63) is 47.5 Å². The van der Waals surface area contributed by atoms with E-state index in [1.807, 2.05) is 36.4 Å². The van der Waals surface area contributed by atoms with Crippen LogP contribution in [0.5, 0.6) is 23.0 Å². The first-order valence-corrected chi connectivity index (χ1v) is 8.97. The zero-order chi connectivity index (χ0) is 19.6. The Morgan fingerprint density at radius 3 is 1.64 bits per heavy atom. The summed E-state index contributed by atoms with van der Waals surface area (Å²) in [4.78, 5) is 0. The fraction of sp³-hybridized carbons (Fsp3) is 0.429. The van der Waals surface area contributed by atoms with Gasteiger partial charge in [0.1, 0.15) is 0 Å². The molecule has 2 aromatic rings. The van der Waals surface area contributed by atoms with Crippen LogP contribution in [0.15, 0.2) is 36.4 Å². The standard InChI is InChI=1S/C21H30N2O4.ClH/c1-15(23-14-17-7-9-19(25-3)21(11-17)27-5)12-22-13-16-6-8-18(24-2)20(10-16)26-4;/h6-11,15,22-23H,12-14H2,1-5H3;1H. The summed E-state index contributed by atoms with van der Waals surface area (Å²) in [7, 11) is 6.58. The molecule has 1 atom stereocenters. The highest BCUT2D eigenvalue weighted by Crippen LogP contribution is 2.28. The van der Waals surface area contributed by atoms with Gasteiger partial charge in [-0.25, -0.2) is 0 Å². The Kier molecular flexibility index (Phi) is 10.5. The lowest BCUT2D eigenvalue weighted by atomic mass is 10.1. The fourth-order valence-electron chi connectivity index (χ4n) is 2.78. The predicted molar refractivity (Wildman–Crippen MR) is 114 cm³/mol. The largest absolute Gasteiger partial charge is 0.493 e. The van der Waals surface area contributed by atoms with Crippen LogP contribution in [0.4, 0.5) is 0 Å². The van der Waals surface area contributed by atoms with Gasteiger partial charge in [0.05, 0.1) is 28.4 Å². The van der Waals surface area contributed by atoms with E-state index in [0.717, 1.165) is 53.8 Å². The second kappa shape index (κ2) is 12.3. The van der Waals surface area contributed by atoms with Crippen molar-refractivity contribution in [2.45, 2.75) is 26.1 Å². The van der Waals surface area contributed by atoms with Gasteiger partial charge in [0, 0.05) is 25.7 Å². The van der Waals surface area contributed by atoms with E-state index in [1.54, 1.807) is 28.4 Å². The minimum absolute atomic E-state index is 0. The van der Waals surface area contributed by atoms with Gasteiger partial charge in [-0.05, 0) is 42.3 Å². The molecule has 7 heteroatoms. The summed E-state index contributed by atoms with van der Waals surface area (Å²) < 4.78 is 21.2. The number of benzene rings is 2. The highest BCUT2D eigenvalue weighted by atomic mass is 35.5. The van der Waals surface area contributed by atoms with Crippen LogP contribution in [0.2, 0.25) is 0 Å². The summed E-state index contributed by atoms with van der Waals surface area (Å²) in [6.45, 7) is 4.53. The van der Waals surface area contributed by atoms with Crippen molar-refractivity contribution in [2.75, 3.05) is 35.0 Å². The molecule has 0 saturated carbocycles. The molecule has 2 aromatic carbocycles. The minimum atomic E-state index is 0. The Morgan fingerprint density at radius 2 is 1.18 bits per heavy atom. The van der Waals surface area contributed by atoms with Gasteiger partial charge >= 0.3 is 0 Å². The third-order valence-electron chi connectivity index (χ3n) is 4.33. The zero-order valence-electron chi connectivity index (χ0n) is 17.2. The molecular formula is C21H31ClN2O4. The van der Waals surface area contributed by atoms with Gasteiger partial charge in [0.25, 0.3) is 0 Å². The summed E-state index contributed by atoms with van der Waals surface area (Å²) in [5.74, 6) is 2.98. The lowest BCUT2D eigenvalue weighted by Gasteiger charge is -2.16. The molecule has 0 heterocycles. The Labute approximate surface area is 173 Å². The van der Waals surface area contributed by atoms with Gasteiger partial charge in [-0.15, -0.1) is 12.4 Å². The Balaban J connectivity index is 0.00000392. The van der Waals surface area contributed by atoms with E-state index in [9.17, 15) is 0 Å². The average Bonchev–Trinajstić information content (AvgIpc) is 2.71. The molecule has 0 saturated heterocycles. The first-order valence-electron chi connectivity index (χ1n) is 8.97. The molecule has 0 fully saturated rings. The SMILES string of the molecule is COc1ccc(CNCC(C)NCc2ccc(OC)c(OC)c2)cc1OC.Cl. The van der Waals surface area contributed by atoms with Crippen LogP contribution in [0.1, 0.15) is 18.1 Å². The lowest BCUT2D eigenvalue weighted by Crippen LogP contribution is -2.35. The molecule has 0 amide bonds. The molecule has 2 N–H and O–H groups in total. The molecule has 0 radical (unpaired) electrons. The molecule has 0 aliphatic rings. The number of ether oxygens (including phenoxy) is 4. The van der Waals surface area contributed by atoms with Gasteiger partial charge in [-0.3, -0.25) is 0 Å². The molecule has 0 aliphatic heterocycles. The number of hydrogen-bond donors (Lipinski definition) is 2. The molecule has 156 valence electrons. The quantitative estimate of drug-likeness (QED) is 0.592. The van der Waals surface area contributed by atoms with Gasteiger partial charge in [-0.1, -0.05) is 12.1 Å². The number of halogens is 1. The summed E-state index contributed by atoms with van der Waals surface area (Å²) in [6.07, 6.45) is 0. The number of methoxy groups -OCH3 is 4. The van der Waals surface area contributed by atoms with Gasteiger partial charge in [-0.2, -0.15) is 0 Å². The van der Waals surface area contributed by atoms with E-state index in [0.29, 0.717) is 6.04 Å². The topological polar surface area (TPSA) is 61.0 Å². The van der Waals surface area contributed by atoms with Crippen LogP contribution in [0.25, 0.3) is 0 Å². The monoisotopic (exact) mass is 410 g/mol. The first kappa shape index (κ1) is 23.9. The predicted octanol–water partition coefficient (Wildman–Crippen LogP) is 3.41. The second-order valence-corrected chi connectivity index (χ2v) is 6.29. The maximum atomic E-state index is 5.35. The Hall–Kier alpha value is -2.15. The third-order valence-corrected chi connectivity index (χ3v) is 4.33. The highest BCUT2D eigenvalue weighted by molar-refractivity contribution is 5.85. The smallest absolute Gasteiger partial charge is 0.161 e. The molecule has 2 rings (SSSR count). The molecule has 0 spiro atoms. The van der Waals surface area contributed by atoms with E-state index in [4.69, 9.17) is 18.9 Å². The van der Waals surface area contributed by atoms with Crippen molar-refractivity contribution in [3.8, 4) is 23.0 Å². The van der Waals surface area contributed by atoms with Crippen LogP contribution < -0.4 is 29.6 Å². The lowest BCUT2D eigenvalue weighted by molar-refractivity contribution is 0.354. The molecule has 0 aromatic heterocycles. The van der Waals surface area contributed by atoms with E-state index in [1.165, 1.54) is 0 Å². The van der Waals surface area contributed by atoms with Crippen molar-refractivity contribution < 1.29 is 18.9 Å². The van der Waals surface area contributed by atoms with E-state index < -0.39 is 0 Å². The molecule has 1 unspecified atom stereocenters. The fourth-order valence-corrected chi connectivity index (χ4v) is 2.78. The number of nitrogens with one attached hydrogen (secondary N) is 2. The van der Waals surface area contributed by atoms with E-state index in [2.05, 4.69) is 17.6 Å². The minimum Gasteiger partial charge on any atom is -0.493 e. The van der Waals surface area contributed by atoms with Crippen LogP contribution in [-0.4, -0.2) is 41.0 Å². The van der Waals surface area contributed by atoms with Crippen LogP contribution in [0, 0.1) is 0 Å². The van der Waals surface area contributed by atoms with E-state index >= 15 is 0 Å². The first-order chi connectivity index (χ1) is 13.1. The molecular weight excluding hydrogens is 380 g/mol. The van der Waals surface area contributed by atoms with Crippen molar-refractivity contribution in [1.82, 2.24) is 10.6 Å². The Morgan fingerprint density at radius 1 is 0.714 bits per heavy atom. The molecule has 28 heavy (non-hydrogen) atoms. The average molecular weight is 411 g/mol. The normalized spacial score (nSPS) is 11.3. The highest BCUT2D eigenvalue weighted by Gasteiger charge is 2.07. The van der Waals surface area contributed by atoms with Gasteiger partial charge < -0.3 is 29.6 Å². The van der Waals surface area contributed by atoms with Gasteiger partial charge in [0.2, 0.25) is 0 Å². The van der Waals surface area contributed by atoms with E-state index in [-0.39, 0.29) is 12.4 Å². The van der Waals surface area contributed by atoms with Crippen LogP contribution in [0.3, 0.4) is 0 Å². The van der Waals surface area contributed by atoms with Crippen molar-refractivity contribution in [1.29, 1.82) is 0 Å². The zero-order valence-corrected chi connectivity index (χ0v) is 18.0. The second-order valence-electron chi connectivity index (χ2n) is 6.29.